The van der Waals surface area contributed by atoms with Crippen molar-refractivity contribution in [2.45, 2.75) is 12.8 Å². The van der Waals surface area contributed by atoms with Gasteiger partial charge in [0.05, 0.1) is 5.69 Å². The van der Waals surface area contributed by atoms with E-state index < -0.39 is 0 Å². The molecule has 1 heterocycles. The summed E-state index contributed by atoms with van der Waals surface area (Å²) >= 11 is 0. The third kappa shape index (κ3) is 4.21. The average molecular weight is 462 g/mol. The van der Waals surface area contributed by atoms with Gasteiger partial charge in [0.2, 0.25) is 0 Å². The molecule has 36 heavy (non-hydrogen) atoms. The van der Waals surface area contributed by atoms with Crippen LogP contribution >= 0.6 is 0 Å². The van der Waals surface area contributed by atoms with E-state index >= 15 is 0 Å². The maximum Gasteiger partial charge on any atom is 0.0702 e. The van der Waals surface area contributed by atoms with Gasteiger partial charge in [-0.25, -0.2) is 0 Å². The number of nitrogens with zero attached hydrogens (tertiary/aromatic N) is 1. The third-order valence-electron chi connectivity index (χ3n) is 6.76. The van der Waals surface area contributed by atoms with E-state index in [-0.39, 0.29) is 0 Å². The van der Waals surface area contributed by atoms with Crippen LogP contribution in [0.1, 0.15) is 18.4 Å². The number of benzene rings is 4. The lowest BCUT2D eigenvalue weighted by Gasteiger charge is -2.18. The SMILES string of the molecule is C1=CC/C=C\C(c2c3ccccc3c(-c3cccc(-c4ccccn4)c3)c3ccccc23)=C/CC=C1. The van der Waals surface area contributed by atoms with Crippen LogP contribution in [0.3, 0.4) is 0 Å². The van der Waals surface area contributed by atoms with E-state index in [9.17, 15) is 0 Å². The molecule has 0 saturated carbocycles. The summed E-state index contributed by atoms with van der Waals surface area (Å²) in [5.41, 5.74) is 7.18. The van der Waals surface area contributed by atoms with Gasteiger partial charge in [-0.1, -0.05) is 115 Å². The number of allylic oxidation sites excluding steroid dienone is 8. The van der Waals surface area contributed by atoms with Crippen LogP contribution in [0, 0.1) is 0 Å². The summed E-state index contributed by atoms with van der Waals surface area (Å²) in [7, 11) is 0. The Morgan fingerprint density at radius 3 is 1.86 bits per heavy atom. The van der Waals surface area contributed by atoms with Crippen molar-refractivity contribution in [3.63, 3.8) is 0 Å². The summed E-state index contributed by atoms with van der Waals surface area (Å²) in [6, 6.07) is 32.5. The van der Waals surface area contributed by atoms with Crippen LogP contribution in [0.25, 0.3) is 49.5 Å². The van der Waals surface area contributed by atoms with Gasteiger partial charge in [-0.15, -0.1) is 0 Å². The minimum absolute atomic E-state index is 0.903. The largest absolute Gasteiger partial charge is 0.256 e. The van der Waals surface area contributed by atoms with Crippen molar-refractivity contribution in [3.05, 3.63) is 145 Å². The zero-order valence-corrected chi connectivity index (χ0v) is 20.1. The highest BCUT2D eigenvalue weighted by atomic mass is 14.7. The molecule has 0 fully saturated rings. The highest BCUT2D eigenvalue weighted by molar-refractivity contribution is 6.19. The molecule has 0 aliphatic heterocycles. The van der Waals surface area contributed by atoms with Gasteiger partial charge in [0.25, 0.3) is 0 Å². The van der Waals surface area contributed by atoms with Gasteiger partial charge in [0.1, 0.15) is 0 Å². The Labute approximate surface area is 212 Å². The smallest absolute Gasteiger partial charge is 0.0702 e. The second kappa shape index (κ2) is 10.0. The molecule has 172 valence electrons. The zero-order valence-electron chi connectivity index (χ0n) is 20.1. The molecule has 4 aromatic carbocycles. The molecule has 5 aromatic rings. The summed E-state index contributed by atoms with van der Waals surface area (Å²) in [6.45, 7) is 0. The summed E-state index contributed by atoms with van der Waals surface area (Å²) < 4.78 is 0. The number of hydrogen-bond acceptors (Lipinski definition) is 1. The van der Waals surface area contributed by atoms with Gasteiger partial charge in [-0.2, -0.15) is 0 Å². The van der Waals surface area contributed by atoms with Crippen LogP contribution in [-0.2, 0) is 0 Å². The molecule has 1 nitrogen and oxygen atoms in total. The van der Waals surface area contributed by atoms with Gasteiger partial charge in [-0.05, 0) is 74.8 Å². The summed E-state index contributed by atoms with van der Waals surface area (Å²) in [6.07, 6.45) is 19.3. The highest BCUT2D eigenvalue weighted by Crippen LogP contribution is 2.42. The fourth-order valence-corrected chi connectivity index (χ4v) is 5.15. The summed E-state index contributed by atoms with van der Waals surface area (Å²) in [5, 5.41) is 5.10. The van der Waals surface area contributed by atoms with E-state index in [1.807, 2.05) is 18.3 Å². The lowest BCUT2D eigenvalue weighted by molar-refractivity contribution is 1.33. The zero-order chi connectivity index (χ0) is 24.2. The molecule has 0 radical (unpaired) electrons. The normalized spacial score (nSPS) is 16.1. The van der Waals surface area contributed by atoms with Crippen LogP contribution in [0.15, 0.2) is 140 Å². The van der Waals surface area contributed by atoms with Gasteiger partial charge in [0.15, 0.2) is 0 Å². The van der Waals surface area contributed by atoms with Gasteiger partial charge >= 0.3 is 0 Å². The maximum absolute atomic E-state index is 4.59. The monoisotopic (exact) mass is 461 g/mol. The molecule has 0 saturated heterocycles. The van der Waals surface area contributed by atoms with Crippen molar-refractivity contribution in [2.24, 2.45) is 0 Å². The minimum atomic E-state index is 0.903. The van der Waals surface area contributed by atoms with Crippen LogP contribution in [0.2, 0.25) is 0 Å². The predicted molar refractivity (Wildman–Crippen MR) is 155 cm³/mol. The van der Waals surface area contributed by atoms with E-state index in [1.165, 1.54) is 43.8 Å². The number of hydrogen-bond donors (Lipinski definition) is 0. The quantitative estimate of drug-likeness (QED) is 0.244. The second-order valence-corrected chi connectivity index (χ2v) is 9.03. The Balaban J connectivity index is 1.64. The topological polar surface area (TPSA) is 12.9 Å². The molecule has 0 amide bonds. The first kappa shape index (κ1) is 22.0. The van der Waals surface area contributed by atoms with E-state index in [0.29, 0.717) is 0 Å². The molecule has 0 atom stereocenters. The maximum atomic E-state index is 4.59. The fourth-order valence-electron chi connectivity index (χ4n) is 5.15. The second-order valence-electron chi connectivity index (χ2n) is 9.03. The van der Waals surface area contributed by atoms with Gasteiger partial charge in [-0.3, -0.25) is 4.98 Å². The molecular weight excluding hydrogens is 434 g/mol. The number of rotatable bonds is 3. The van der Waals surface area contributed by atoms with Crippen molar-refractivity contribution in [2.75, 3.05) is 0 Å². The Hall–Kier alpha value is -4.49. The Bertz CT molecular complexity index is 1610. The van der Waals surface area contributed by atoms with Crippen molar-refractivity contribution < 1.29 is 0 Å². The predicted octanol–water partition coefficient (Wildman–Crippen LogP) is 9.57. The van der Waals surface area contributed by atoms with E-state index in [2.05, 4.69) is 126 Å². The van der Waals surface area contributed by atoms with Crippen molar-refractivity contribution >= 4 is 27.1 Å². The Morgan fingerprint density at radius 2 is 1.17 bits per heavy atom. The third-order valence-corrected chi connectivity index (χ3v) is 6.76. The highest BCUT2D eigenvalue weighted by Gasteiger charge is 2.17. The molecular formula is C35H27N. The van der Waals surface area contributed by atoms with Gasteiger partial charge < -0.3 is 0 Å². The summed E-state index contributed by atoms with van der Waals surface area (Å²) in [4.78, 5) is 4.59. The first-order valence-corrected chi connectivity index (χ1v) is 12.5. The first-order chi connectivity index (χ1) is 17.9. The van der Waals surface area contributed by atoms with Crippen molar-refractivity contribution in [1.29, 1.82) is 0 Å². The summed E-state index contributed by atoms with van der Waals surface area (Å²) in [5.74, 6) is 0. The molecule has 1 heteroatoms. The molecule has 1 aromatic heterocycles. The van der Waals surface area contributed by atoms with E-state index in [4.69, 9.17) is 0 Å². The lowest BCUT2D eigenvalue weighted by atomic mass is 9.85. The number of pyridine rings is 1. The average Bonchev–Trinajstić information content (AvgIpc) is 2.95. The Morgan fingerprint density at radius 1 is 0.528 bits per heavy atom. The standard InChI is InChI=1S/C35H27N/c1-2-4-6-15-26(16-7-5-3-1)34-29-19-8-10-21-31(29)35(32-22-11-9-20-30(32)34)28-18-14-17-27(25-28)33-23-12-13-24-36-33/h1-4,7-25H,5-6H2/b3-1?,4-2?,16-7-,26-15+. The van der Waals surface area contributed by atoms with E-state index in [0.717, 1.165) is 24.1 Å². The number of aromatic nitrogens is 1. The van der Waals surface area contributed by atoms with Crippen LogP contribution in [-0.4, -0.2) is 4.98 Å². The molecule has 0 bridgehead atoms. The molecule has 1 aliphatic rings. The van der Waals surface area contributed by atoms with Crippen LogP contribution in [0.5, 0.6) is 0 Å². The van der Waals surface area contributed by atoms with E-state index in [1.54, 1.807) is 0 Å². The fraction of sp³-hybridized carbons (Fsp3) is 0.0571. The van der Waals surface area contributed by atoms with Crippen molar-refractivity contribution in [3.8, 4) is 22.4 Å². The molecule has 0 N–H and O–H groups in total. The van der Waals surface area contributed by atoms with Gasteiger partial charge in [0, 0.05) is 11.8 Å². The van der Waals surface area contributed by atoms with Crippen LogP contribution in [0.4, 0.5) is 0 Å². The van der Waals surface area contributed by atoms with Crippen LogP contribution < -0.4 is 0 Å². The molecule has 6 rings (SSSR count). The van der Waals surface area contributed by atoms with Crippen molar-refractivity contribution in [1.82, 2.24) is 4.98 Å². The molecule has 0 unspecified atom stereocenters. The molecule has 0 spiro atoms. The molecule has 1 aliphatic carbocycles. The lowest BCUT2D eigenvalue weighted by Crippen LogP contribution is -1.93. The number of fused-ring (bicyclic) bond motifs is 2. The first-order valence-electron chi connectivity index (χ1n) is 12.5. The Kier molecular flexibility index (Phi) is 6.12. The minimum Gasteiger partial charge on any atom is -0.256 e.